The molecule has 162 valence electrons. The lowest BCUT2D eigenvalue weighted by atomic mass is 9.89. The third kappa shape index (κ3) is 6.35. The lowest BCUT2D eigenvalue weighted by Crippen LogP contribution is -2.42. The molecular formula is C21H25F3N4O2. The molecule has 2 unspecified atom stereocenters. The second-order valence-electron chi connectivity index (χ2n) is 7.10. The van der Waals surface area contributed by atoms with E-state index in [1.165, 1.54) is 6.07 Å². The molecule has 0 saturated carbocycles. The summed E-state index contributed by atoms with van der Waals surface area (Å²) in [6.45, 7) is 1.86. The van der Waals surface area contributed by atoms with Crippen molar-refractivity contribution < 1.29 is 22.7 Å². The van der Waals surface area contributed by atoms with Crippen LogP contribution in [0.2, 0.25) is 0 Å². The summed E-state index contributed by atoms with van der Waals surface area (Å²) in [5, 5.41) is 8.47. The first kappa shape index (κ1) is 21.9. The van der Waals surface area contributed by atoms with E-state index in [0.717, 1.165) is 30.7 Å². The highest BCUT2D eigenvalue weighted by Crippen LogP contribution is 2.33. The number of hydrogen-bond acceptors (Lipinski definition) is 4. The number of nitrogens with one attached hydrogen (secondary N) is 3. The summed E-state index contributed by atoms with van der Waals surface area (Å²) in [6.07, 6.45) is -1.73. The van der Waals surface area contributed by atoms with Gasteiger partial charge in [0, 0.05) is 38.4 Å². The second-order valence-corrected chi connectivity index (χ2v) is 7.10. The second kappa shape index (κ2) is 10.3. The fourth-order valence-electron chi connectivity index (χ4n) is 3.38. The molecule has 2 amide bonds. The zero-order chi connectivity index (χ0) is 21.4. The van der Waals surface area contributed by atoms with Crippen LogP contribution in [0.5, 0.6) is 0 Å². The van der Waals surface area contributed by atoms with Crippen molar-refractivity contribution in [2.45, 2.75) is 25.1 Å². The van der Waals surface area contributed by atoms with Gasteiger partial charge in [0.05, 0.1) is 11.7 Å². The summed E-state index contributed by atoms with van der Waals surface area (Å²) in [6, 6.07) is 11.9. The van der Waals surface area contributed by atoms with Gasteiger partial charge in [-0.05, 0) is 30.5 Å². The summed E-state index contributed by atoms with van der Waals surface area (Å²) in [5.74, 6) is 0.511. The minimum atomic E-state index is -4.41. The van der Waals surface area contributed by atoms with Crippen molar-refractivity contribution in [1.29, 1.82) is 0 Å². The molecule has 3 rings (SSSR count). The molecule has 9 heteroatoms. The molecule has 1 aromatic carbocycles. The first-order valence-corrected chi connectivity index (χ1v) is 9.89. The molecule has 3 N–H and O–H groups in total. The molecule has 0 aliphatic carbocycles. The fraction of sp³-hybridized carbons (Fsp3) is 0.429. The van der Waals surface area contributed by atoms with Crippen molar-refractivity contribution in [3.8, 4) is 0 Å². The Labute approximate surface area is 173 Å². The standard InChI is InChI=1S/C21H25F3N4O2/c22-21(23,24)17-8-9-18(27-14-17)25-10-11-26-20(29)28-13-16-7-4-12-30-19(16)15-5-2-1-3-6-15/h1-3,5-6,8-9,14,16,19H,4,7,10-13H2,(H,25,27)(H2,26,28,29). The molecule has 2 heterocycles. The van der Waals surface area contributed by atoms with E-state index in [4.69, 9.17) is 4.74 Å². The van der Waals surface area contributed by atoms with E-state index in [1.54, 1.807) is 0 Å². The monoisotopic (exact) mass is 422 g/mol. The topological polar surface area (TPSA) is 75.3 Å². The number of halogens is 3. The van der Waals surface area contributed by atoms with Crippen molar-refractivity contribution in [3.05, 3.63) is 59.8 Å². The largest absolute Gasteiger partial charge is 0.417 e. The number of alkyl halides is 3. The van der Waals surface area contributed by atoms with E-state index >= 15 is 0 Å². The Bertz CT molecular complexity index is 800. The quantitative estimate of drug-likeness (QED) is 0.590. The lowest BCUT2D eigenvalue weighted by Gasteiger charge is -2.32. The van der Waals surface area contributed by atoms with Gasteiger partial charge >= 0.3 is 12.2 Å². The van der Waals surface area contributed by atoms with Gasteiger partial charge in [-0.1, -0.05) is 30.3 Å². The van der Waals surface area contributed by atoms with Crippen LogP contribution in [0.25, 0.3) is 0 Å². The van der Waals surface area contributed by atoms with Gasteiger partial charge in [-0.3, -0.25) is 0 Å². The van der Waals surface area contributed by atoms with E-state index in [0.29, 0.717) is 32.1 Å². The number of pyridine rings is 1. The van der Waals surface area contributed by atoms with E-state index < -0.39 is 11.7 Å². The third-order valence-electron chi connectivity index (χ3n) is 4.91. The molecular weight excluding hydrogens is 397 g/mol. The summed E-state index contributed by atoms with van der Waals surface area (Å²) in [7, 11) is 0. The van der Waals surface area contributed by atoms with Crippen LogP contribution < -0.4 is 16.0 Å². The fourth-order valence-corrected chi connectivity index (χ4v) is 3.38. The van der Waals surface area contributed by atoms with Crippen molar-refractivity contribution >= 4 is 11.8 Å². The maximum atomic E-state index is 12.5. The van der Waals surface area contributed by atoms with Gasteiger partial charge in [0.15, 0.2) is 0 Å². The summed E-state index contributed by atoms with van der Waals surface area (Å²) in [5.41, 5.74) is 0.309. The molecule has 0 spiro atoms. The van der Waals surface area contributed by atoms with Gasteiger partial charge in [0.2, 0.25) is 0 Å². The normalized spacial score (nSPS) is 19.2. The van der Waals surface area contributed by atoms with Crippen molar-refractivity contribution in [1.82, 2.24) is 15.6 Å². The molecule has 1 aliphatic heterocycles. The number of amides is 2. The van der Waals surface area contributed by atoms with Gasteiger partial charge in [0.1, 0.15) is 5.82 Å². The molecule has 1 saturated heterocycles. The zero-order valence-electron chi connectivity index (χ0n) is 16.4. The van der Waals surface area contributed by atoms with E-state index in [2.05, 4.69) is 20.9 Å². The molecule has 0 radical (unpaired) electrons. The molecule has 0 bridgehead atoms. The van der Waals surface area contributed by atoms with Gasteiger partial charge in [-0.25, -0.2) is 9.78 Å². The lowest BCUT2D eigenvalue weighted by molar-refractivity contribution is -0.137. The molecule has 2 aromatic rings. The van der Waals surface area contributed by atoms with E-state index in [1.807, 2.05) is 30.3 Å². The number of hydrogen-bond donors (Lipinski definition) is 3. The van der Waals surface area contributed by atoms with Crippen LogP contribution in [0.4, 0.5) is 23.8 Å². The van der Waals surface area contributed by atoms with Crippen LogP contribution >= 0.6 is 0 Å². The van der Waals surface area contributed by atoms with Crippen LogP contribution in [0.15, 0.2) is 48.7 Å². The van der Waals surface area contributed by atoms with E-state index in [9.17, 15) is 18.0 Å². The SMILES string of the molecule is O=C(NCCNc1ccc(C(F)(F)F)cn1)NCC1CCCOC1c1ccccc1. The Morgan fingerprint density at radius 1 is 1.10 bits per heavy atom. The van der Waals surface area contributed by atoms with Crippen LogP contribution in [-0.2, 0) is 10.9 Å². The average Bonchev–Trinajstić information content (AvgIpc) is 2.76. The number of carbonyl (C=O) groups excluding carboxylic acids is 1. The summed E-state index contributed by atoms with van der Waals surface area (Å²) >= 11 is 0. The van der Waals surface area contributed by atoms with E-state index in [-0.39, 0.29) is 18.1 Å². The number of benzene rings is 1. The Kier molecular flexibility index (Phi) is 7.51. The Balaban J connectivity index is 1.37. The number of urea groups is 1. The van der Waals surface area contributed by atoms with Crippen molar-refractivity contribution in [2.24, 2.45) is 5.92 Å². The zero-order valence-corrected chi connectivity index (χ0v) is 16.4. The number of rotatable bonds is 7. The molecule has 30 heavy (non-hydrogen) atoms. The van der Waals surface area contributed by atoms with Crippen molar-refractivity contribution in [3.63, 3.8) is 0 Å². The van der Waals surface area contributed by atoms with Gasteiger partial charge < -0.3 is 20.7 Å². The Morgan fingerprint density at radius 2 is 1.90 bits per heavy atom. The first-order chi connectivity index (χ1) is 14.4. The number of carbonyl (C=O) groups is 1. The van der Waals surface area contributed by atoms with Gasteiger partial charge in [-0.15, -0.1) is 0 Å². The Morgan fingerprint density at radius 3 is 2.60 bits per heavy atom. The smallest absolute Gasteiger partial charge is 0.373 e. The van der Waals surface area contributed by atoms with Gasteiger partial charge in [0.25, 0.3) is 0 Å². The summed E-state index contributed by atoms with van der Waals surface area (Å²) < 4.78 is 43.5. The minimum absolute atomic E-state index is 0.0346. The number of nitrogens with zero attached hydrogens (tertiary/aromatic N) is 1. The maximum absolute atomic E-state index is 12.5. The summed E-state index contributed by atoms with van der Waals surface area (Å²) in [4.78, 5) is 15.8. The number of anilines is 1. The maximum Gasteiger partial charge on any atom is 0.417 e. The van der Waals surface area contributed by atoms with Crippen LogP contribution in [0.1, 0.15) is 30.1 Å². The molecule has 2 atom stereocenters. The molecule has 6 nitrogen and oxygen atoms in total. The molecule has 1 aromatic heterocycles. The number of ether oxygens (including phenoxy) is 1. The predicted molar refractivity (Wildman–Crippen MR) is 107 cm³/mol. The van der Waals surface area contributed by atoms with Crippen molar-refractivity contribution in [2.75, 3.05) is 31.6 Å². The average molecular weight is 422 g/mol. The highest BCUT2D eigenvalue weighted by atomic mass is 19.4. The van der Waals surface area contributed by atoms with Crippen LogP contribution in [-0.4, -0.2) is 37.3 Å². The molecule has 1 fully saturated rings. The minimum Gasteiger partial charge on any atom is -0.373 e. The first-order valence-electron chi connectivity index (χ1n) is 9.89. The highest BCUT2D eigenvalue weighted by Gasteiger charge is 2.30. The molecule has 1 aliphatic rings. The van der Waals surface area contributed by atoms with Crippen LogP contribution in [0, 0.1) is 5.92 Å². The Hall–Kier alpha value is -2.81. The number of aromatic nitrogens is 1. The van der Waals surface area contributed by atoms with Gasteiger partial charge in [-0.2, -0.15) is 13.2 Å². The predicted octanol–water partition coefficient (Wildman–Crippen LogP) is 3.98. The highest BCUT2D eigenvalue weighted by molar-refractivity contribution is 5.73. The van der Waals surface area contributed by atoms with Crippen LogP contribution in [0.3, 0.4) is 0 Å². The third-order valence-corrected chi connectivity index (χ3v) is 4.91.